The third kappa shape index (κ3) is 5.50. The molecule has 0 saturated carbocycles. The van der Waals surface area contributed by atoms with Gasteiger partial charge in [0, 0.05) is 18.0 Å². The van der Waals surface area contributed by atoms with E-state index in [1.165, 1.54) is 12.1 Å². The Morgan fingerprint density at radius 1 is 1.22 bits per heavy atom. The van der Waals surface area contributed by atoms with Gasteiger partial charge in [-0.2, -0.15) is 0 Å². The molecule has 18 heavy (non-hydrogen) atoms. The van der Waals surface area contributed by atoms with E-state index in [9.17, 15) is 9.18 Å². The quantitative estimate of drug-likeness (QED) is 0.595. The average Bonchev–Trinajstić information content (AvgIpc) is 2.32. The molecule has 0 fully saturated rings. The summed E-state index contributed by atoms with van der Waals surface area (Å²) in [7, 11) is 0. The lowest BCUT2D eigenvalue weighted by molar-refractivity contribution is 0.0952. The molecule has 0 unspecified atom stereocenters. The summed E-state index contributed by atoms with van der Waals surface area (Å²) in [5.74, 6) is 0.103. The van der Waals surface area contributed by atoms with Crippen LogP contribution in [0.3, 0.4) is 0 Å². The summed E-state index contributed by atoms with van der Waals surface area (Å²) in [5, 5.41) is 2.79. The van der Waals surface area contributed by atoms with Gasteiger partial charge in [-0.3, -0.25) is 4.79 Å². The van der Waals surface area contributed by atoms with E-state index in [-0.39, 0.29) is 11.7 Å². The van der Waals surface area contributed by atoms with Crippen molar-refractivity contribution in [1.82, 2.24) is 5.32 Å². The zero-order chi connectivity index (χ0) is 13.4. The molecule has 4 heteroatoms. The number of rotatable bonds is 7. The number of nitrogens with one attached hydrogen (secondary N) is 1. The van der Waals surface area contributed by atoms with Crippen LogP contribution in [0.4, 0.5) is 4.39 Å². The Bertz CT molecular complexity index is 375. The number of unbranched alkanes of at least 4 members (excludes halogenated alkanes) is 3. The van der Waals surface area contributed by atoms with Gasteiger partial charge in [0.2, 0.25) is 0 Å². The summed E-state index contributed by atoms with van der Waals surface area (Å²) in [6, 6.07) is 4.35. The normalized spacial score (nSPS) is 10.4. The molecule has 0 aliphatic heterocycles. The molecule has 0 saturated heterocycles. The van der Waals surface area contributed by atoms with Gasteiger partial charge in [-0.25, -0.2) is 4.39 Å². The van der Waals surface area contributed by atoms with Crippen LogP contribution in [0.1, 0.15) is 41.6 Å². The number of hydrogen-bond donors (Lipinski definition) is 1. The minimum atomic E-state index is -0.373. The monoisotopic (exact) mass is 271 g/mol. The van der Waals surface area contributed by atoms with Crippen molar-refractivity contribution < 1.29 is 9.18 Å². The molecule has 1 N–H and O–H groups in total. The first kappa shape index (κ1) is 15.0. The van der Waals surface area contributed by atoms with Crippen molar-refractivity contribution >= 4 is 17.5 Å². The van der Waals surface area contributed by atoms with Gasteiger partial charge in [-0.05, 0) is 43.5 Å². The number of benzene rings is 1. The van der Waals surface area contributed by atoms with Crippen molar-refractivity contribution in [3.8, 4) is 0 Å². The smallest absolute Gasteiger partial charge is 0.251 e. The maximum atomic E-state index is 13.1. The van der Waals surface area contributed by atoms with Crippen molar-refractivity contribution in [2.75, 3.05) is 12.4 Å². The van der Waals surface area contributed by atoms with E-state index >= 15 is 0 Å². The van der Waals surface area contributed by atoms with Crippen LogP contribution in [0.2, 0.25) is 0 Å². The topological polar surface area (TPSA) is 29.1 Å². The van der Waals surface area contributed by atoms with E-state index in [0.29, 0.717) is 18.0 Å². The van der Waals surface area contributed by atoms with Gasteiger partial charge in [0.1, 0.15) is 5.82 Å². The molecule has 0 heterocycles. The van der Waals surface area contributed by atoms with Gasteiger partial charge in [-0.1, -0.05) is 12.8 Å². The van der Waals surface area contributed by atoms with E-state index in [1.54, 1.807) is 13.0 Å². The lowest BCUT2D eigenvalue weighted by Crippen LogP contribution is -2.24. The Balaban J connectivity index is 2.32. The number of hydrogen-bond acceptors (Lipinski definition) is 1. The van der Waals surface area contributed by atoms with Crippen LogP contribution >= 0.6 is 11.6 Å². The fourth-order valence-corrected chi connectivity index (χ4v) is 1.93. The summed E-state index contributed by atoms with van der Waals surface area (Å²) in [4.78, 5) is 11.7. The van der Waals surface area contributed by atoms with Gasteiger partial charge in [0.25, 0.3) is 5.91 Å². The molecule has 1 amide bonds. The maximum absolute atomic E-state index is 13.1. The molecule has 100 valence electrons. The van der Waals surface area contributed by atoms with Gasteiger partial charge >= 0.3 is 0 Å². The summed E-state index contributed by atoms with van der Waals surface area (Å²) >= 11 is 5.57. The molecular formula is C14H19ClFNO. The summed E-state index contributed by atoms with van der Waals surface area (Å²) in [6.45, 7) is 2.39. The number of aryl methyl sites for hydroxylation is 1. The van der Waals surface area contributed by atoms with Crippen LogP contribution in [0.5, 0.6) is 0 Å². The fourth-order valence-electron chi connectivity index (χ4n) is 1.74. The molecule has 1 aromatic rings. The largest absolute Gasteiger partial charge is 0.352 e. The maximum Gasteiger partial charge on any atom is 0.251 e. The van der Waals surface area contributed by atoms with Crippen molar-refractivity contribution in [2.24, 2.45) is 0 Å². The number of carbonyl (C=O) groups is 1. The van der Waals surface area contributed by atoms with E-state index in [0.717, 1.165) is 31.2 Å². The predicted molar refractivity (Wildman–Crippen MR) is 72.7 cm³/mol. The van der Waals surface area contributed by atoms with Crippen LogP contribution < -0.4 is 5.32 Å². The molecule has 0 aliphatic rings. The molecule has 0 aromatic heterocycles. The number of halogens is 2. The van der Waals surface area contributed by atoms with E-state index < -0.39 is 0 Å². The predicted octanol–water partition coefficient (Wildman–Crippen LogP) is 3.66. The summed E-state index contributed by atoms with van der Waals surface area (Å²) < 4.78 is 13.1. The number of carbonyl (C=O) groups excluding carboxylic acids is 1. The standard InChI is InChI=1S/C14H19ClFNO/c1-11-8-12(10-13(16)9-11)14(18)17-7-5-3-2-4-6-15/h8-10H,2-7H2,1H3,(H,17,18). The lowest BCUT2D eigenvalue weighted by Gasteiger charge is -2.06. The first-order valence-electron chi connectivity index (χ1n) is 6.25. The minimum Gasteiger partial charge on any atom is -0.352 e. The molecule has 0 aliphatic carbocycles. The van der Waals surface area contributed by atoms with E-state index in [1.807, 2.05) is 0 Å². The third-order valence-electron chi connectivity index (χ3n) is 2.65. The van der Waals surface area contributed by atoms with Crippen molar-refractivity contribution in [3.63, 3.8) is 0 Å². The van der Waals surface area contributed by atoms with Crippen molar-refractivity contribution in [1.29, 1.82) is 0 Å². The van der Waals surface area contributed by atoms with Gasteiger partial charge in [-0.15, -0.1) is 11.6 Å². The Morgan fingerprint density at radius 2 is 1.94 bits per heavy atom. The number of amides is 1. The Morgan fingerprint density at radius 3 is 2.61 bits per heavy atom. The summed E-state index contributed by atoms with van der Waals surface area (Å²) in [5.41, 5.74) is 1.13. The Kier molecular flexibility index (Phi) is 6.73. The highest BCUT2D eigenvalue weighted by Gasteiger charge is 2.06. The molecule has 1 aromatic carbocycles. The molecule has 1 rings (SSSR count). The highest BCUT2D eigenvalue weighted by atomic mass is 35.5. The molecular weight excluding hydrogens is 253 g/mol. The second-order valence-electron chi connectivity index (χ2n) is 4.38. The van der Waals surface area contributed by atoms with Gasteiger partial charge in [0.15, 0.2) is 0 Å². The highest BCUT2D eigenvalue weighted by Crippen LogP contribution is 2.08. The number of alkyl halides is 1. The second-order valence-corrected chi connectivity index (χ2v) is 4.75. The van der Waals surface area contributed by atoms with E-state index in [4.69, 9.17) is 11.6 Å². The zero-order valence-corrected chi connectivity index (χ0v) is 11.4. The van der Waals surface area contributed by atoms with Crippen LogP contribution in [0, 0.1) is 12.7 Å². The summed E-state index contributed by atoms with van der Waals surface area (Å²) in [6.07, 6.45) is 4.07. The fraction of sp³-hybridized carbons (Fsp3) is 0.500. The van der Waals surface area contributed by atoms with Crippen LogP contribution in [-0.2, 0) is 0 Å². The highest BCUT2D eigenvalue weighted by molar-refractivity contribution is 6.17. The molecule has 0 radical (unpaired) electrons. The van der Waals surface area contributed by atoms with Crippen LogP contribution in [-0.4, -0.2) is 18.3 Å². The first-order chi connectivity index (χ1) is 8.63. The molecule has 0 bridgehead atoms. The molecule has 0 spiro atoms. The molecule has 0 atom stereocenters. The Hall–Kier alpha value is -1.09. The van der Waals surface area contributed by atoms with Crippen molar-refractivity contribution in [2.45, 2.75) is 32.6 Å². The third-order valence-corrected chi connectivity index (χ3v) is 2.92. The van der Waals surface area contributed by atoms with Gasteiger partial charge < -0.3 is 5.32 Å². The van der Waals surface area contributed by atoms with Crippen LogP contribution in [0.15, 0.2) is 18.2 Å². The Labute approximate surface area is 113 Å². The lowest BCUT2D eigenvalue weighted by atomic mass is 10.1. The second kappa shape index (κ2) is 8.09. The minimum absolute atomic E-state index is 0.213. The SMILES string of the molecule is Cc1cc(F)cc(C(=O)NCCCCCCCl)c1. The van der Waals surface area contributed by atoms with Gasteiger partial charge in [0.05, 0.1) is 0 Å². The average molecular weight is 272 g/mol. The van der Waals surface area contributed by atoms with Crippen molar-refractivity contribution in [3.05, 3.63) is 35.1 Å². The van der Waals surface area contributed by atoms with Crippen LogP contribution in [0.25, 0.3) is 0 Å². The first-order valence-corrected chi connectivity index (χ1v) is 6.78. The molecule has 2 nitrogen and oxygen atoms in total. The zero-order valence-electron chi connectivity index (χ0n) is 10.6. The van der Waals surface area contributed by atoms with E-state index in [2.05, 4.69) is 5.32 Å².